The third kappa shape index (κ3) is 5.14. The van der Waals surface area contributed by atoms with Gasteiger partial charge in [-0.15, -0.1) is 11.6 Å². The highest BCUT2D eigenvalue weighted by Gasteiger charge is 2.15. The van der Waals surface area contributed by atoms with E-state index >= 15 is 0 Å². The summed E-state index contributed by atoms with van der Waals surface area (Å²) in [7, 11) is 0. The van der Waals surface area contributed by atoms with Crippen molar-refractivity contribution in [3.05, 3.63) is 0 Å². The molecule has 0 aliphatic heterocycles. The molecular formula is C10H20ClNO. The summed E-state index contributed by atoms with van der Waals surface area (Å²) in [5.74, 6) is 0.593. The molecule has 0 bridgehead atoms. The van der Waals surface area contributed by atoms with Crippen LogP contribution in [0.2, 0.25) is 0 Å². The van der Waals surface area contributed by atoms with Crippen LogP contribution in [-0.4, -0.2) is 17.8 Å². The monoisotopic (exact) mass is 205 g/mol. The Morgan fingerprint density at radius 1 is 1.31 bits per heavy atom. The van der Waals surface area contributed by atoms with Crippen LogP contribution in [0.15, 0.2) is 0 Å². The van der Waals surface area contributed by atoms with Gasteiger partial charge in [-0.05, 0) is 5.92 Å². The molecule has 0 rings (SSSR count). The van der Waals surface area contributed by atoms with Crippen LogP contribution in [0.4, 0.5) is 0 Å². The van der Waals surface area contributed by atoms with E-state index in [1.807, 2.05) is 6.92 Å². The van der Waals surface area contributed by atoms with Crippen LogP contribution in [0, 0.1) is 5.92 Å². The molecule has 3 heteroatoms. The van der Waals surface area contributed by atoms with E-state index < -0.39 is 0 Å². The van der Waals surface area contributed by atoms with E-state index in [0.29, 0.717) is 18.9 Å². The zero-order valence-electron chi connectivity index (χ0n) is 8.77. The third-order valence-electron chi connectivity index (χ3n) is 2.38. The summed E-state index contributed by atoms with van der Waals surface area (Å²) in [4.78, 5) is 10.9. The van der Waals surface area contributed by atoms with E-state index in [-0.39, 0.29) is 11.3 Å². The molecule has 0 aliphatic rings. The Bertz CT molecular complexity index is 146. The second-order valence-corrected chi connectivity index (χ2v) is 3.81. The maximum absolute atomic E-state index is 10.9. The molecule has 13 heavy (non-hydrogen) atoms. The SMILES string of the molecule is CCC(=O)NCC(Cl)C(CC)CC. The summed E-state index contributed by atoms with van der Waals surface area (Å²) >= 11 is 6.13. The van der Waals surface area contributed by atoms with Gasteiger partial charge in [0.2, 0.25) is 5.91 Å². The molecule has 0 aromatic heterocycles. The fourth-order valence-electron chi connectivity index (χ4n) is 1.30. The number of alkyl halides is 1. The van der Waals surface area contributed by atoms with E-state index in [0.717, 1.165) is 12.8 Å². The second kappa shape index (κ2) is 7.19. The molecule has 1 amide bonds. The van der Waals surface area contributed by atoms with Crippen LogP contribution in [0.25, 0.3) is 0 Å². The number of hydrogen-bond acceptors (Lipinski definition) is 1. The van der Waals surface area contributed by atoms with Crippen LogP contribution < -0.4 is 5.32 Å². The summed E-state index contributed by atoms with van der Waals surface area (Å²) < 4.78 is 0. The van der Waals surface area contributed by atoms with Gasteiger partial charge >= 0.3 is 0 Å². The Kier molecular flexibility index (Phi) is 7.06. The molecular weight excluding hydrogens is 186 g/mol. The van der Waals surface area contributed by atoms with E-state index in [9.17, 15) is 4.79 Å². The Balaban J connectivity index is 3.71. The van der Waals surface area contributed by atoms with Crippen molar-refractivity contribution >= 4 is 17.5 Å². The second-order valence-electron chi connectivity index (χ2n) is 3.25. The van der Waals surface area contributed by atoms with Crippen molar-refractivity contribution in [2.24, 2.45) is 5.92 Å². The highest BCUT2D eigenvalue weighted by molar-refractivity contribution is 6.21. The van der Waals surface area contributed by atoms with E-state index in [4.69, 9.17) is 11.6 Å². The molecule has 0 saturated heterocycles. The molecule has 0 aromatic carbocycles. The molecule has 0 radical (unpaired) electrons. The lowest BCUT2D eigenvalue weighted by Gasteiger charge is -2.19. The smallest absolute Gasteiger partial charge is 0.219 e. The fraction of sp³-hybridized carbons (Fsp3) is 0.900. The summed E-state index contributed by atoms with van der Waals surface area (Å²) in [6.07, 6.45) is 2.69. The maximum Gasteiger partial charge on any atom is 0.219 e. The Hall–Kier alpha value is -0.240. The van der Waals surface area contributed by atoms with Gasteiger partial charge < -0.3 is 5.32 Å². The summed E-state index contributed by atoms with van der Waals surface area (Å²) in [5.41, 5.74) is 0. The lowest BCUT2D eigenvalue weighted by molar-refractivity contribution is -0.120. The molecule has 78 valence electrons. The molecule has 0 heterocycles. The van der Waals surface area contributed by atoms with Crippen LogP contribution in [0.5, 0.6) is 0 Å². The number of halogens is 1. The summed E-state index contributed by atoms with van der Waals surface area (Å²) in [6, 6.07) is 0. The molecule has 0 aliphatic carbocycles. The van der Waals surface area contributed by atoms with E-state index in [1.54, 1.807) is 0 Å². The van der Waals surface area contributed by atoms with Gasteiger partial charge in [-0.3, -0.25) is 4.79 Å². The van der Waals surface area contributed by atoms with Crippen molar-refractivity contribution in [1.82, 2.24) is 5.32 Å². The Morgan fingerprint density at radius 3 is 2.23 bits per heavy atom. The van der Waals surface area contributed by atoms with Gasteiger partial charge in [-0.1, -0.05) is 33.6 Å². The first kappa shape index (κ1) is 12.8. The predicted molar refractivity (Wildman–Crippen MR) is 57.0 cm³/mol. The first-order valence-electron chi connectivity index (χ1n) is 5.06. The molecule has 1 unspecified atom stereocenters. The minimum Gasteiger partial charge on any atom is -0.355 e. The first-order chi connectivity index (χ1) is 6.15. The normalized spacial score (nSPS) is 13.0. The van der Waals surface area contributed by atoms with Gasteiger partial charge in [0.1, 0.15) is 0 Å². The lowest BCUT2D eigenvalue weighted by atomic mass is 9.99. The van der Waals surface area contributed by atoms with Gasteiger partial charge in [0.05, 0.1) is 5.38 Å². The summed E-state index contributed by atoms with van der Waals surface area (Å²) in [6.45, 7) is 6.70. The standard InChI is InChI=1S/C10H20ClNO/c1-4-8(5-2)9(11)7-12-10(13)6-3/h8-9H,4-7H2,1-3H3,(H,12,13). The first-order valence-corrected chi connectivity index (χ1v) is 5.50. The lowest BCUT2D eigenvalue weighted by Crippen LogP contribution is -2.32. The van der Waals surface area contributed by atoms with Gasteiger partial charge in [-0.25, -0.2) is 0 Å². The van der Waals surface area contributed by atoms with Crippen molar-refractivity contribution in [3.63, 3.8) is 0 Å². The number of hydrogen-bond donors (Lipinski definition) is 1. The average molecular weight is 206 g/mol. The van der Waals surface area contributed by atoms with Crippen molar-refractivity contribution in [2.75, 3.05) is 6.54 Å². The highest BCUT2D eigenvalue weighted by Crippen LogP contribution is 2.17. The topological polar surface area (TPSA) is 29.1 Å². The third-order valence-corrected chi connectivity index (χ3v) is 2.89. The van der Waals surface area contributed by atoms with Crippen LogP contribution in [0.3, 0.4) is 0 Å². The molecule has 0 fully saturated rings. The van der Waals surface area contributed by atoms with Crippen molar-refractivity contribution in [1.29, 1.82) is 0 Å². The molecule has 1 atom stereocenters. The minimum atomic E-state index is 0.0745. The number of carbonyl (C=O) groups is 1. The van der Waals surface area contributed by atoms with Crippen molar-refractivity contribution in [3.8, 4) is 0 Å². The quantitative estimate of drug-likeness (QED) is 0.664. The van der Waals surface area contributed by atoms with E-state index in [2.05, 4.69) is 19.2 Å². The van der Waals surface area contributed by atoms with Crippen molar-refractivity contribution < 1.29 is 4.79 Å². The van der Waals surface area contributed by atoms with Crippen molar-refractivity contribution in [2.45, 2.75) is 45.4 Å². The minimum absolute atomic E-state index is 0.0745. The number of carbonyl (C=O) groups excluding carboxylic acids is 1. The number of rotatable bonds is 6. The molecule has 1 N–H and O–H groups in total. The molecule has 0 spiro atoms. The van der Waals surface area contributed by atoms with Gasteiger partial charge in [0.25, 0.3) is 0 Å². The molecule has 0 saturated carbocycles. The number of amides is 1. The Morgan fingerprint density at radius 2 is 1.85 bits per heavy atom. The largest absolute Gasteiger partial charge is 0.355 e. The molecule has 0 aromatic rings. The van der Waals surface area contributed by atoms with E-state index in [1.165, 1.54) is 0 Å². The molecule has 2 nitrogen and oxygen atoms in total. The highest BCUT2D eigenvalue weighted by atomic mass is 35.5. The zero-order valence-corrected chi connectivity index (χ0v) is 9.53. The fourth-order valence-corrected chi connectivity index (χ4v) is 1.74. The van der Waals surface area contributed by atoms with Gasteiger partial charge in [0.15, 0.2) is 0 Å². The average Bonchev–Trinajstić information content (AvgIpc) is 2.16. The van der Waals surface area contributed by atoms with Crippen LogP contribution in [0.1, 0.15) is 40.0 Å². The predicted octanol–water partition coefficient (Wildman–Crippen LogP) is 2.56. The Labute approximate surface area is 86.0 Å². The maximum atomic E-state index is 10.9. The van der Waals surface area contributed by atoms with Crippen LogP contribution in [-0.2, 0) is 4.79 Å². The zero-order chi connectivity index (χ0) is 10.3. The summed E-state index contributed by atoms with van der Waals surface area (Å²) in [5, 5.41) is 2.88. The number of nitrogens with one attached hydrogen (secondary N) is 1. The van der Waals surface area contributed by atoms with Gasteiger partial charge in [-0.2, -0.15) is 0 Å². The van der Waals surface area contributed by atoms with Crippen LogP contribution >= 0.6 is 11.6 Å². The van der Waals surface area contributed by atoms with Gasteiger partial charge in [0, 0.05) is 13.0 Å².